The maximum atomic E-state index is 11.5. The SMILES string of the molecule is O=[SH](=O)c1ccc(OCc2cccnc2)cc1CNc1ccccc1. The van der Waals surface area contributed by atoms with Crippen LogP contribution in [-0.4, -0.2) is 13.4 Å². The van der Waals surface area contributed by atoms with Gasteiger partial charge in [-0.15, -0.1) is 0 Å². The summed E-state index contributed by atoms with van der Waals surface area (Å²) in [4.78, 5) is 4.34. The van der Waals surface area contributed by atoms with E-state index in [1.165, 1.54) is 0 Å². The summed E-state index contributed by atoms with van der Waals surface area (Å²) in [7, 11) is -2.67. The number of rotatable bonds is 7. The second-order valence-electron chi connectivity index (χ2n) is 5.42. The van der Waals surface area contributed by atoms with Crippen LogP contribution >= 0.6 is 0 Å². The molecule has 0 atom stereocenters. The van der Waals surface area contributed by atoms with Gasteiger partial charge in [-0.3, -0.25) is 4.98 Å². The van der Waals surface area contributed by atoms with Gasteiger partial charge in [0.05, 0.1) is 4.90 Å². The number of nitrogens with zero attached hydrogens (tertiary/aromatic N) is 1. The lowest BCUT2D eigenvalue weighted by Gasteiger charge is -2.11. The van der Waals surface area contributed by atoms with Gasteiger partial charge in [-0.05, 0) is 42.0 Å². The minimum atomic E-state index is -2.67. The van der Waals surface area contributed by atoms with Crippen molar-refractivity contribution in [2.45, 2.75) is 18.0 Å². The van der Waals surface area contributed by atoms with Crippen molar-refractivity contribution in [1.82, 2.24) is 4.98 Å². The van der Waals surface area contributed by atoms with Gasteiger partial charge in [0.2, 0.25) is 0 Å². The first-order chi connectivity index (χ1) is 12.2. The van der Waals surface area contributed by atoms with Crippen LogP contribution in [0.1, 0.15) is 11.1 Å². The maximum absolute atomic E-state index is 11.5. The lowest BCUT2D eigenvalue weighted by molar-refractivity contribution is 0.305. The number of nitrogens with one attached hydrogen (secondary N) is 1. The van der Waals surface area contributed by atoms with E-state index in [1.54, 1.807) is 30.6 Å². The fraction of sp³-hybridized carbons (Fsp3) is 0.105. The fourth-order valence-electron chi connectivity index (χ4n) is 2.37. The van der Waals surface area contributed by atoms with Crippen molar-refractivity contribution in [2.24, 2.45) is 0 Å². The molecule has 0 amide bonds. The molecule has 2 aromatic carbocycles. The van der Waals surface area contributed by atoms with Gasteiger partial charge in [-0.25, -0.2) is 8.42 Å². The average Bonchev–Trinajstić information content (AvgIpc) is 2.66. The summed E-state index contributed by atoms with van der Waals surface area (Å²) in [6.07, 6.45) is 3.44. The molecule has 0 radical (unpaired) electrons. The highest BCUT2D eigenvalue weighted by atomic mass is 32.2. The van der Waals surface area contributed by atoms with Crippen molar-refractivity contribution in [1.29, 1.82) is 0 Å². The number of hydrogen-bond acceptors (Lipinski definition) is 5. The highest BCUT2D eigenvalue weighted by molar-refractivity contribution is 7.72. The number of anilines is 1. The molecule has 0 bridgehead atoms. The van der Waals surface area contributed by atoms with Crippen LogP contribution in [0.5, 0.6) is 5.75 Å². The van der Waals surface area contributed by atoms with E-state index in [-0.39, 0.29) is 0 Å². The van der Waals surface area contributed by atoms with E-state index in [9.17, 15) is 8.42 Å². The van der Waals surface area contributed by atoms with Crippen molar-refractivity contribution >= 4 is 16.4 Å². The summed E-state index contributed by atoms with van der Waals surface area (Å²) >= 11 is 0. The third kappa shape index (κ3) is 4.81. The Morgan fingerprint density at radius 1 is 1.00 bits per heavy atom. The summed E-state index contributed by atoms with van der Waals surface area (Å²) in [5.74, 6) is 0.620. The molecule has 0 fully saturated rings. The van der Waals surface area contributed by atoms with Gasteiger partial charge in [-0.2, -0.15) is 0 Å². The highest BCUT2D eigenvalue weighted by Crippen LogP contribution is 2.21. The first-order valence-electron chi connectivity index (χ1n) is 7.80. The van der Waals surface area contributed by atoms with Crippen LogP contribution in [0.2, 0.25) is 0 Å². The molecule has 0 aliphatic carbocycles. The lowest BCUT2D eigenvalue weighted by atomic mass is 10.2. The van der Waals surface area contributed by atoms with Gasteiger partial charge < -0.3 is 10.1 Å². The van der Waals surface area contributed by atoms with Gasteiger partial charge in [0.15, 0.2) is 10.7 Å². The van der Waals surface area contributed by atoms with E-state index in [4.69, 9.17) is 4.74 Å². The van der Waals surface area contributed by atoms with Crippen LogP contribution in [0.15, 0.2) is 78.0 Å². The third-order valence-corrected chi connectivity index (χ3v) is 4.46. The van der Waals surface area contributed by atoms with Crippen LogP contribution in [-0.2, 0) is 23.9 Å². The van der Waals surface area contributed by atoms with Crippen molar-refractivity contribution in [3.63, 3.8) is 0 Å². The molecule has 1 N–H and O–H groups in total. The van der Waals surface area contributed by atoms with E-state index < -0.39 is 10.7 Å². The van der Waals surface area contributed by atoms with Gasteiger partial charge in [-0.1, -0.05) is 24.3 Å². The standard InChI is InChI=1S/C19H18N2O3S/c22-25(23)19-9-8-18(24-14-15-5-4-10-20-12-15)11-16(19)13-21-17-6-2-1-3-7-17/h1-12,21,25H,13-14H2. The van der Waals surface area contributed by atoms with Crippen molar-refractivity contribution in [2.75, 3.05) is 5.32 Å². The smallest absolute Gasteiger partial charge is 0.168 e. The Morgan fingerprint density at radius 2 is 1.84 bits per heavy atom. The summed E-state index contributed by atoms with van der Waals surface area (Å²) in [5.41, 5.74) is 2.55. The number of para-hydroxylation sites is 1. The van der Waals surface area contributed by atoms with Gasteiger partial charge in [0.1, 0.15) is 12.4 Å². The molecule has 3 rings (SSSR count). The zero-order valence-electron chi connectivity index (χ0n) is 13.5. The number of aromatic nitrogens is 1. The Morgan fingerprint density at radius 3 is 2.56 bits per heavy atom. The third-order valence-electron chi connectivity index (χ3n) is 3.63. The Hall–Kier alpha value is -2.86. The van der Waals surface area contributed by atoms with Crippen LogP contribution < -0.4 is 10.1 Å². The Kier molecular flexibility index (Phi) is 5.64. The summed E-state index contributed by atoms with van der Waals surface area (Å²) in [5, 5.41) is 3.22. The average molecular weight is 354 g/mol. The number of hydrogen-bond donors (Lipinski definition) is 2. The maximum Gasteiger partial charge on any atom is 0.168 e. The number of benzene rings is 2. The van der Waals surface area contributed by atoms with Crippen LogP contribution in [0.4, 0.5) is 5.69 Å². The lowest BCUT2D eigenvalue weighted by Crippen LogP contribution is -2.03. The van der Waals surface area contributed by atoms with Crippen molar-refractivity contribution in [3.8, 4) is 5.75 Å². The molecule has 6 heteroatoms. The molecule has 0 unspecified atom stereocenters. The molecule has 0 spiro atoms. The summed E-state index contributed by atoms with van der Waals surface area (Å²) in [6.45, 7) is 0.773. The normalized spacial score (nSPS) is 10.6. The molecule has 128 valence electrons. The number of ether oxygens (including phenoxy) is 1. The number of thiol groups is 1. The van der Waals surface area contributed by atoms with Gasteiger partial charge in [0, 0.05) is 30.2 Å². The first-order valence-corrected chi connectivity index (χ1v) is 8.98. The highest BCUT2D eigenvalue weighted by Gasteiger charge is 2.08. The van der Waals surface area contributed by atoms with Gasteiger partial charge >= 0.3 is 0 Å². The molecule has 3 aromatic rings. The van der Waals surface area contributed by atoms with E-state index in [1.807, 2.05) is 42.5 Å². The molecule has 1 heterocycles. The molecule has 25 heavy (non-hydrogen) atoms. The Balaban J connectivity index is 1.74. The summed E-state index contributed by atoms with van der Waals surface area (Å²) in [6, 6.07) is 18.4. The molecule has 1 aromatic heterocycles. The van der Waals surface area contributed by atoms with Crippen LogP contribution in [0.25, 0.3) is 0 Å². The first kappa shape index (κ1) is 17.0. The van der Waals surface area contributed by atoms with Crippen molar-refractivity contribution in [3.05, 3.63) is 84.2 Å². The van der Waals surface area contributed by atoms with E-state index >= 15 is 0 Å². The Labute approximate surface area is 148 Å². The quantitative estimate of drug-likeness (QED) is 0.638. The molecule has 0 saturated carbocycles. The van der Waals surface area contributed by atoms with Crippen LogP contribution in [0, 0.1) is 0 Å². The van der Waals surface area contributed by atoms with Crippen LogP contribution in [0.3, 0.4) is 0 Å². The van der Waals surface area contributed by atoms with Crippen molar-refractivity contribution < 1.29 is 13.2 Å². The molecule has 0 saturated heterocycles. The minimum absolute atomic E-state index is 0.298. The van der Waals surface area contributed by atoms with E-state index in [0.29, 0.717) is 29.4 Å². The summed E-state index contributed by atoms with van der Waals surface area (Å²) < 4.78 is 28.7. The molecular formula is C19H18N2O3S. The largest absolute Gasteiger partial charge is 0.489 e. The minimum Gasteiger partial charge on any atom is -0.489 e. The molecule has 0 aliphatic rings. The van der Waals surface area contributed by atoms with E-state index in [2.05, 4.69) is 10.3 Å². The Bertz CT molecular complexity index is 889. The fourth-order valence-corrected chi connectivity index (χ4v) is 2.95. The topological polar surface area (TPSA) is 68.3 Å². The monoisotopic (exact) mass is 354 g/mol. The predicted molar refractivity (Wildman–Crippen MR) is 97.4 cm³/mol. The second kappa shape index (κ2) is 8.30. The van der Waals surface area contributed by atoms with Gasteiger partial charge in [0.25, 0.3) is 0 Å². The second-order valence-corrected chi connectivity index (χ2v) is 6.41. The zero-order valence-corrected chi connectivity index (χ0v) is 14.4. The molecule has 5 nitrogen and oxygen atoms in total. The predicted octanol–water partition coefficient (Wildman–Crippen LogP) is 3.24. The number of pyridine rings is 1. The van der Waals surface area contributed by atoms with E-state index in [0.717, 1.165) is 11.3 Å². The molecular weight excluding hydrogens is 336 g/mol. The zero-order chi connectivity index (χ0) is 17.5. The molecule has 0 aliphatic heterocycles.